The van der Waals surface area contributed by atoms with Gasteiger partial charge >= 0.3 is 0 Å². The zero-order valence-electron chi connectivity index (χ0n) is 18.7. The first-order valence-corrected chi connectivity index (χ1v) is 11.3. The number of hydrogen-bond acceptors (Lipinski definition) is 4. The lowest BCUT2D eigenvalue weighted by Crippen LogP contribution is -2.51. The summed E-state index contributed by atoms with van der Waals surface area (Å²) in [6, 6.07) is 4.67. The molecule has 2 aliphatic heterocycles. The van der Waals surface area contributed by atoms with E-state index in [4.69, 9.17) is 21.1 Å². The molecule has 1 aromatic carbocycles. The van der Waals surface area contributed by atoms with Crippen molar-refractivity contribution >= 4 is 41.5 Å². The Morgan fingerprint density at radius 2 is 2.10 bits per heavy atom. The van der Waals surface area contributed by atoms with Crippen LogP contribution in [0.25, 0.3) is 0 Å². The summed E-state index contributed by atoms with van der Waals surface area (Å²) in [6.07, 6.45) is 2.39. The highest BCUT2D eigenvalue weighted by Crippen LogP contribution is 2.31. The summed E-state index contributed by atoms with van der Waals surface area (Å²) in [5.74, 6) is 0.560. The van der Waals surface area contributed by atoms with Gasteiger partial charge in [-0.3, -0.25) is 9.89 Å². The number of hydrogen-bond donors (Lipinski definition) is 1. The summed E-state index contributed by atoms with van der Waals surface area (Å²) in [5, 5.41) is 3.93. The number of likely N-dealkylation sites (tertiary alicyclic amines) is 1. The van der Waals surface area contributed by atoms with Crippen molar-refractivity contribution < 1.29 is 13.9 Å². The number of ether oxygens (including phenoxy) is 2. The van der Waals surface area contributed by atoms with Gasteiger partial charge < -0.3 is 19.7 Å². The first kappa shape index (κ1) is 26.6. The normalized spacial score (nSPS) is 22.2. The summed E-state index contributed by atoms with van der Waals surface area (Å²) in [7, 11) is 1.79. The van der Waals surface area contributed by atoms with Gasteiger partial charge in [0.1, 0.15) is 5.82 Å². The van der Waals surface area contributed by atoms with Crippen molar-refractivity contribution in [3.63, 3.8) is 0 Å². The number of rotatable bonds is 6. The van der Waals surface area contributed by atoms with Crippen molar-refractivity contribution in [3.05, 3.63) is 34.6 Å². The topological polar surface area (TPSA) is 49.3 Å². The Bertz CT molecular complexity index is 699. The fourth-order valence-corrected chi connectivity index (χ4v) is 4.65. The standard InChI is InChI=1S/C22H34ClFN4O2.HI/c1-4-29-17-8-10-27(11-9-17)22(25-3)26-14-20(28-12-13-30-16(2)15-28)21-18(23)6-5-7-19(21)24;/h5-7,16-17,20H,4,8-15H2,1-3H3,(H,25,26);1H. The lowest BCUT2D eigenvalue weighted by atomic mass is 10.0. The fraction of sp³-hybridized carbons (Fsp3) is 0.682. The highest BCUT2D eigenvalue weighted by Gasteiger charge is 2.30. The average molecular weight is 569 g/mol. The maximum Gasteiger partial charge on any atom is 0.193 e. The van der Waals surface area contributed by atoms with Gasteiger partial charge in [0, 0.05) is 57.0 Å². The number of benzene rings is 1. The molecule has 0 aliphatic carbocycles. The summed E-state index contributed by atoms with van der Waals surface area (Å²) < 4.78 is 26.3. The third-order valence-corrected chi connectivity index (χ3v) is 6.18. The highest BCUT2D eigenvalue weighted by molar-refractivity contribution is 14.0. The smallest absolute Gasteiger partial charge is 0.193 e. The summed E-state index contributed by atoms with van der Waals surface area (Å²) in [5.41, 5.74) is 0.534. The van der Waals surface area contributed by atoms with E-state index in [1.807, 2.05) is 13.8 Å². The third-order valence-electron chi connectivity index (χ3n) is 5.86. The van der Waals surface area contributed by atoms with E-state index in [2.05, 4.69) is 20.1 Å². The van der Waals surface area contributed by atoms with Gasteiger partial charge in [0.2, 0.25) is 0 Å². The number of nitrogens with zero attached hydrogens (tertiary/aromatic N) is 3. The highest BCUT2D eigenvalue weighted by atomic mass is 127. The Kier molecular flexibility index (Phi) is 11.3. The Morgan fingerprint density at radius 3 is 2.71 bits per heavy atom. The second kappa shape index (κ2) is 13.1. The van der Waals surface area contributed by atoms with E-state index in [0.29, 0.717) is 29.8 Å². The van der Waals surface area contributed by atoms with Crippen molar-refractivity contribution in [2.75, 3.05) is 53.0 Å². The Balaban J connectivity index is 0.00000341. The van der Waals surface area contributed by atoms with Crippen LogP contribution in [0.4, 0.5) is 4.39 Å². The number of nitrogens with one attached hydrogen (secondary N) is 1. The van der Waals surface area contributed by atoms with Crippen LogP contribution < -0.4 is 5.32 Å². The second-order valence-corrected chi connectivity index (χ2v) is 8.30. The van der Waals surface area contributed by atoms with Crippen LogP contribution in [-0.4, -0.2) is 81.0 Å². The second-order valence-electron chi connectivity index (χ2n) is 7.90. The fourth-order valence-electron chi connectivity index (χ4n) is 4.36. The molecule has 0 amide bonds. The van der Waals surface area contributed by atoms with Gasteiger partial charge in [-0.15, -0.1) is 24.0 Å². The molecular formula is C22H35ClFIN4O2. The van der Waals surface area contributed by atoms with Crippen molar-refractivity contribution in [2.24, 2.45) is 4.99 Å². The molecule has 2 heterocycles. The molecule has 1 N–H and O–H groups in total. The van der Waals surface area contributed by atoms with E-state index in [9.17, 15) is 4.39 Å². The van der Waals surface area contributed by atoms with Gasteiger partial charge in [-0.2, -0.15) is 0 Å². The molecule has 0 aromatic heterocycles. The Labute approximate surface area is 207 Å². The molecule has 2 aliphatic rings. The molecule has 0 spiro atoms. The summed E-state index contributed by atoms with van der Waals surface area (Å²) in [6.45, 7) is 9.23. The zero-order valence-corrected chi connectivity index (χ0v) is 21.7. The monoisotopic (exact) mass is 568 g/mol. The van der Waals surface area contributed by atoms with Crippen LogP contribution in [0, 0.1) is 5.82 Å². The van der Waals surface area contributed by atoms with Gasteiger partial charge in [-0.05, 0) is 38.8 Å². The van der Waals surface area contributed by atoms with Crippen LogP contribution in [0.2, 0.25) is 5.02 Å². The molecule has 0 radical (unpaired) electrons. The van der Waals surface area contributed by atoms with E-state index >= 15 is 0 Å². The quantitative estimate of drug-likeness (QED) is 0.320. The first-order valence-electron chi connectivity index (χ1n) is 10.9. The largest absolute Gasteiger partial charge is 0.378 e. The maximum atomic E-state index is 14.8. The van der Waals surface area contributed by atoms with Gasteiger partial charge in [0.05, 0.1) is 24.9 Å². The van der Waals surface area contributed by atoms with E-state index < -0.39 is 0 Å². The molecule has 9 heteroatoms. The van der Waals surface area contributed by atoms with E-state index in [0.717, 1.165) is 51.6 Å². The molecule has 0 saturated carbocycles. The van der Waals surface area contributed by atoms with Crippen LogP contribution >= 0.6 is 35.6 Å². The van der Waals surface area contributed by atoms with Gasteiger partial charge in [-0.1, -0.05) is 17.7 Å². The van der Waals surface area contributed by atoms with Crippen molar-refractivity contribution in [1.82, 2.24) is 15.1 Å². The minimum atomic E-state index is -0.277. The number of piperidine rings is 1. The minimum absolute atomic E-state index is 0. The predicted octanol–water partition coefficient (Wildman–Crippen LogP) is 3.94. The van der Waals surface area contributed by atoms with E-state index in [1.54, 1.807) is 19.2 Å². The van der Waals surface area contributed by atoms with Crippen LogP contribution in [0.1, 0.15) is 38.3 Å². The molecule has 1 aromatic rings. The maximum absolute atomic E-state index is 14.8. The van der Waals surface area contributed by atoms with Crippen molar-refractivity contribution in [3.8, 4) is 0 Å². The predicted molar refractivity (Wildman–Crippen MR) is 134 cm³/mol. The Morgan fingerprint density at radius 1 is 1.35 bits per heavy atom. The number of morpholine rings is 1. The number of halogens is 3. The molecule has 2 unspecified atom stereocenters. The molecule has 31 heavy (non-hydrogen) atoms. The molecule has 0 bridgehead atoms. The molecule has 3 rings (SSSR count). The van der Waals surface area contributed by atoms with Gasteiger partial charge in [0.25, 0.3) is 0 Å². The molecule has 176 valence electrons. The molecular weight excluding hydrogens is 534 g/mol. The third kappa shape index (κ3) is 7.15. The van der Waals surface area contributed by atoms with Crippen LogP contribution in [-0.2, 0) is 9.47 Å². The lowest BCUT2D eigenvalue weighted by Gasteiger charge is -2.39. The molecule has 2 saturated heterocycles. The number of aliphatic imine (C=N–C) groups is 1. The van der Waals surface area contributed by atoms with Crippen molar-refractivity contribution in [2.45, 2.75) is 44.9 Å². The van der Waals surface area contributed by atoms with Gasteiger partial charge in [0.15, 0.2) is 5.96 Å². The van der Waals surface area contributed by atoms with Crippen molar-refractivity contribution in [1.29, 1.82) is 0 Å². The summed E-state index contributed by atoms with van der Waals surface area (Å²) in [4.78, 5) is 8.97. The molecule has 2 fully saturated rings. The van der Waals surface area contributed by atoms with E-state index in [1.165, 1.54) is 6.07 Å². The van der Waals surface area contributed by atoms with Crippen LogP contribution in [0.5, 0.6) is 0 Å². The summed E-state index contributed by atoms with van der Waals surface area (Å²) >= 11 is 6.44. The molecule has 6 nitrogen and oxygen atoms in total. The average Bonchev–Trinajstić information content (AvgIpc) is 2.74. The van der Waals surface area contributed by atoms with Crippen LogP contribution in [0.15, 0.2) is 23.2 Å². The Hall–Kier alpha value is -0.680. The minimum Gasteiger partial charge on any atom is -0.378 e. The van der Waals surface area contributed by atoms with Gasteiger partial charge in [-0.25, -0.2) is 4.39 Å². The molecule has 2 atom stereocenters. The van der Waals surface area contributed by atoms with E-state index in [-0.39, 0.29) is 41.9 Å². The van der Waals surface area contributed by atoms with Crippen LogP contribution in [0.3, 0.4) is 0 Å². The SMILES string of the molecule is CCOC1CCN(C(=NC)NCC(c2c(F)cccc2Cl)N2CCOC(C)C2)CC1.I. The zero-order chi connectivity index (χ0) is 21.5. The lowest BCUT2D eigenvalue weighted by molar-refractivity contribution is -0.0344. The number of guanidine groups is 1. The first-order chi connectivity index (χ1) is 14.5.